The fraction of sp³-hybridized carbons (Fsp3) is 0.500. The Kier molecular flexibility index (Phi) is 5.43. The summed E-state index contributed by atoms with van der Waals surface area (Å²) in [6.07, 6.45) is -2.57. The third-order valence-electron chi connectivity index (χ3n) is 1.24. The lowest BCUT2D eigenvalue weighted by molar-refractivity contribution is -0.140. The zero-order valence-electron chi connectivity index (χ0n) is 7.75. The van der Waals surface area contributed by atoms with E-state index in [2.05, 4.69) is 9.47 Å². The molecule has 0 aromatic rings. The molecule has 0 N–H and O–H groups in total. The van der Waals surface area contributed by atoms with E-state index in [1.165, 1.54) is 0 Å². The fourth-order valence-corrected chi connectivity index (χ4v) is 0.601. The van der Waals surface area contributed by atoms with Crippen molar-refractivity contribution in [3.05, 3.63) is 11.8 Å². The highest BCUT2D eigenvalue weighted by Gasteiger charge is 2.27. The van der Waals surface area contributed by atoms with Crippen LogP contribution in [-0.4, -0.2) is 31.9 Å². The van der Waals surface area contributed by atoms with Crippen molar-refractivity contribution in [2.24, 2.45) is 0 Å². The van der Waals surface area contributed by atoms with Gasteiger partial charge in [-0.25, -0.2) is 13.6 Å². The van der Waals surface area contributed by atoms with Gasteiger partial charge in [-0.3, -0.25) is 4.79 Å². The maximum absolute atomic E-state index is 11.9. The number of carbonyl (C=O) groups excluding carboxylic acids is 2. The zero-order chi connectivity index (χ0) is 11.1. The van der Waals surface area contributed by atoms with Gasteiger partial charge in [0.25, 0.3) is 0 Å². The molecule has 0 saturated heterocycles. The van der Waals surface area contributed by atoms with Crippen LogP contribution in [-0.2, 0) is 19.1 Å². The lowest BCUT2D eigenvalue weighted by Crippen LogP contribution is -2.21. The molecule has 80 valence electrons. The first-order valence-corrected chi connectivity index (χ1v) is 3.77. The molecule has 0 atom stereocenters. The quantitative estimate of drug-likeness (QED) is 0.221. The van der Waals surface area contributed by atoms with Gasteiger partial charge >= 0.3 is 12.4 Å². The van der Waals surface area contributed by atoms with E-state index in [1.807, 2.05) is 0 Å². The molecule has 0 radical (unpaired) electrons. The van der Waals surface area contributed by atoms with Gasteiger partial charge in [0.05, 0.1) is 13.7 Å². The van der Waals surface area contributed by atoms with Gasteiger partial charge in [0, 0.05) is 0 Å². The molecule has 0 bridgehead atoms. The molecule has 0 rings (SSSR count). The number of alkyl halides is 2. The summed E-state index contributed by atoms with van der Waals surface area (Å²) in [4.78, 5) is 21.6. The first-order valence-electron chi connectivity index (χ1n) is 3.77. The molecule has 0 spiro atoms. The summed E-state index contributed by atoms with van der Waals surface area (Å²) >= 11 is 0. The largest absolute Gasteiger partial charge is 0.500 e. The molecular weight excluding hydrogens is 198 g/mol. The average Bonchev–Trinajstić information content (AvgIpc) is 2.17. The van der Waals surface area contributed by atoms with Gasteiger partial charge in [-0.2, -0.15) is 0 Å². The highest BCUT2D eigenvalue weighted by molar-refractivity contribution is 6.18. The second-order valence-corrected chi connectivity index (χ2v) is 2.14. The Labute approximate surface area is 79.5 Å². The number of hydrogen-bond donors (Lipinski definition) is 0. The van der Waals surface area contributed by atoms with Gasteiger partial charge in [0.1, 0.15) is 11.8 Å². The minimum atomic E-state index is -3.25. The molecule has 14 heavy (non-hydrogen) atoms. The maximum atomic E-state index is 11.9. The van der Waals surface area contributed by atoms with Crippen LogP contribution in [0.2, 0.25) is 0 Å². The number of hydrogen-bond acceptors (Lipinski definition) is 4. The minimum Gasteiger partial charge on any atom is -0.500 e. The topological polar surface area (TPSA) is 52.6 Å². The van der Waals surface area contributed by atoms with Crippen LogP contribution in [0.3, 0.4) is 0 Å². The van der Waals surface area contributed by atoms with Gasteiger partial charge < -0.3 is 9.47 Å². The minimum absolute atomic E-state index is 0.164. The Hall–Kier alpha value is -1.46. The van der Waals surface area contributed by atoms with Gasteiger partial charge in [-0.15, -0.1) is 0 Å². The molecule has 0 aliphatic heterocycles. The highest BCUT2D eigenvalue weighted by atomic mass is 19.3. The van der Waals surface area contributed by atoms with Crippen molar-refractivity contribution >= 4 is 11.8 Å². The Bertz CT molecular complexity index is 248. The lowest BCUT2D eigenvalue weighted by atomic mass is 10.2. The Morgan fingerprint density at radius 2 is 2.00 bits per heavy atom. The molecule has 0 aliphatic rings. The highest BCUT2D eigenvalue weighted by Crippen LogP contribution is 2.07. The number of ketones is 1. The average molecular weight is 208 g/mol. The van der Waals surface area contributed by atoms with Gasteiger partial charge in [-0.1, -0.05) is 0 Å². The lowest BCUT2D eigenvalue weighted by Gasteiger charge is -2.03. The first kappa shape index (κ1) is 12.5. The summed E-state index contributed by atoms with van der Waals surface area (Å²) in [5.41, 5.74) is -0.788. The van der Waals surface area contributed by atoms with Crippen LogP contribution in [0, 0.1) is 0 Å². The molecule has 0 saturated carbocycles. The van der Waals surface area contributed by atoms with E-state index in [-0.39, 0.29) is 6.61 Å². The summed E-state index contributed by atoms with van der Waals surface area (Å²) in [7, 11) is 0.987. The van der Waals surface area contributed by atoms with Crippen molar-refractivity contribution < 1.29 is 27.8 Å². The van der Waals surface area contributed by atoms with Crippen molar-refractivity contribution in [1.29, 1.82) is 0 Å². The third kappa shape index (κ3) is 3.51. The van der Waals surface area contributed by atoms with Crippen LogP contribution < -0.4 is 0 Å². The molecule has 0 fully saturated rings. The van der Waals surface area contributed by atoms with Crippen molar-refractivity contribution in [3.8, 4) is 0 Å². The molecule has 6 heteroatoms. The predicted octanol–water partition coefficient (Wildman–Crippen LogP) is 0.914. The van der Waals surface area contributed by atoms with Crippen molar-refractivity contribution in [2.45, 2.75) is 13.3 Å². The van der Waals surface area contributed by atoms with Gasteiger partial charge in [0.15, 0.2) is 0 Å². The monoisotopic (exact) mass is 208 g/mol. The molecule has 0 aromatic heterocycles. The Balaban J connectivity index is 4.72. The standard InChI is InChI=1S/C8H10F2O4/c1-3-14-4-5(8(12)13-2)6(11)7(9)10/h4,7H,3H2,1-2H3. The summed E-state index contributed by atoms with van der Waals surface area (Å²) < 4.78 is 32.6. The smallest absolute Gasteiger partial charge is 0.344 e. The van der Waals surface area contributed by atoms with Crippen LogP contribution in [0.4, 0.5) is 8.78 Å². The van der Waals surface area contributed by atoms with E-state index >= 15 is 0 Å². The fourth-order valence-electron chi connectivity index (χ4n) is 0.601. The number of carbonyl (C=O) groups is 2. The summed E-state index contributed by atoms with van der Waals surface area (Å²) in [6, 6.07) is 0. The Morgan fingerprint density at radius 1 is 1.43 bits per heavy atom. The van der Waals surface area contributed by atoms with Crippen LogP contribution in [0.25, 0.3) is 0 Å². The SMILES string of the molecule is CCOC=C(C(=O)OC)C(=O)C(F)F. The van der Waals surface area contributed by atoms with Gasteiger partial charge in [-0.05, 0) is 6.92 Å². The predicted molar refractivity (Wildman–Crippen MR) is 42.7 cm³/mol. The molecule has 0 aliphatic carbocycles. The van der Waals surface area contributed by atoms with Crippen molar-refractivity contribution in [2.75, 3.05) is 13.7 Å². The second-order valence-electron chi connectivity index (χ2n) is 2.14. The number of ether oxygens (including phenoxy) is 2. The molecule has 0 heterocycles. The second kappa shape index (κ2) is 6.06. The number of halogens is 2. The number of esters is 1. The van der Waals surface area contributed by atoms with E-state index in [0.717, 1.165) is 7.11 Å². The molecule has 4 nitrogen and oxygen atoms in total. The van der Waals surface area contributed by atoms with Crippen LogP contribution in [0.5, 0.6) is 0 Å². The van der Waals surface area contributed by atoms with Crippen molar-refractivity contribution in [1.82, 2.24) is 0 Å². The molecular formula is C8H10F2O4. The van der Waals surface area contributed by atoms with E-state index in [1.54, 1.807) is 6.92 Å². The van der Waals surface area contributed by atoms with Crippen LogP contribution in [0.15, 0.2) is 11.8 Å². The molecule has 0 unspecified atom stereocenters. The van der Waals surface area contributed by atoms with E-state index in [0.29, 0.717) is 6.26 Å². The normalized spacial score (nSPS) is 11.4. The number of rotatable bonds is 5. The molecule has 0 aromatic carbocycles. The van der Waals surface area contributed by atoms with Crippen LogP contribution in [0.1, 0.15) is 6.92 Å². The summed E-state index contributed by atoms with van der Waals surface area (Å²) in [5, 5.41) is 0. The van der Waals surface area contributed by atoms with E-state index < -0.39 is 23.8 Å². The Morgan fingerprint density at radius 3 is 2.36 bits per heavy atom. The molecule has 0 amide bonds. The number of methoxy groups -OCH3 is 1. The maximum Gasteiger partial charge on any atom is 0.344 e. The van der Waals surface area contributed by atoms with Crippen LogP contribution >= 0.6 is 0 Å². The van der Waals surface area contributed by atoms with E-state index in [9.17, 15) is 18.4 Å². The van der Waals surface area contributed by atoms with E-state index in [4.69, 9.17) is 0 Å². The van der Waals surface area contributed by atoms with Gasteiger partial charge in [0.2, 0.25) is 5.78 Å². The summed E-state index contributed by atoms with van der Waals surface area (Å²) in [5.74, 6) is -2.74. The third-order valence-corrected chi connectivity index (χ3v) is 1.24. The summed E-state index contributed by atoms with van der Waals surface area (Å²) in [6.45, 7) is 1.75. The zero-order valence-corrected chi connectivity index (χ0v) is 7.75. The number of Topliss-reactive ketones (excluding diaryl/α,β-unsaturated/α-hetero) is 1. The first-order chi connectivity index (χ1) is 6.54. The van der Waals surface area contributed by atoms with Crippen molar-refractivity contribution in [3.63, 3.8) is 0 Å².